The van der Waals surface area contributed by atoms with Crippen molar-refractivity contribution in [3.63, 3.8) is 0 Å². The highest BCUT2D eigenvalue weighted by atomic mass is 32.2. The van der Waals surface area contributed by atoms with Gasteiger partial charge in [0.1, 0.15) is 18.4 Å². The molecule has 0 saturated carbocycles. The average Bonchev–Trinajstić information content (AvgIpc) is 2.77. The second kappa shape index (κ2) is 11.2. The van der Waals surface area contributed by atoms with E-state index in [4.69, 9.17) is 0 Å². The van der Waals surface area contributed by atoms with Crippen molar-refractivity contribution in [3.8, 4) is 0 Å². The molecule has 0 aliphatic carbocycles. The van der Waals surface area contributed by atoms with Crippen molar-refractivity contribution in [3.05, 3.63) is 65.5 Å². The van der Waals surface area contributed by atoms with Gasteiger partial charge in [-0.3, -0.25) is 9.59 Å². The van der Waals surface area contributed by atoms with Gasteiger partial charge in [0, 0.05) is 27.7 Å². The van der Waals surface area contributed by atoms with Gasteiger partial charge in [0.2, 0.25) is 11.8 Å². The largest absolute Gasteiger partial charge is 0.357 e. The highest BCUT2D eigenvalue weighted by Gasteiger charge is 2.33. The minimum atomic E-state index is -4.08. The van der Waals surface area contributed by atoms with Crippen LogP contribution in [-0.4, -0.2) is 63.2 Å². The zero-order valence-electron chi connectivity index (χ0n) is 19.6. The van der Waals surface area contributed by atoms with E-state index in [-0.39, 0.29) is 18.1 Å². The Morgan fingerprint density at radius 3 is 2.24 bits per heavy atom. The molecule has 10 heteroatoms. The molecule has 2 amide bonds. The number of halogens is 1. The summed E-state index contributed by atoms with van der Waals surface area (Å²) in [5, 5.41) is 2.57. The maximum Gasteiger partial charge on any atom is 0.304 e. The van der Waals surface area contributed by atoms with Crippen molar-refractivity contribution < 1.29 is 22.4 Å². The Balaban J connectivity index is 2.48. The topological polar surface area (TPSA) is 90.0 Å². The van der Waals surface area contributed by atoms with Gasteiger partial charge in [-0.2, -0.15) is 12.7 Å². The van der Waals surface area contributed by atoms with Gasteiger partial charge < -0.3 is 10.2 Å². The molecule has 180 valence electrons. The van der Waals surface area contributed by atoms with Crippen LogP contribution in [0.4, 0.5) is 10.1 Å². The number of aryl methyl sites for hydroxylation is 1. The summed E-state index contributed by atoms with van der Waals surface area (Å²) >= 11 is 0. The smallest absolute Gasteiger partial charge is 0.304 e. The van der Waals surface area contributed by atoms with E-state index in [2.05, 4.69) is 5.32 Å². The van der Waals surface area contributed by atoms with Crippen molar-refractivity contribution in [2.75, 3.05) is 32.0 Å². The Kier molecular flexibility index (Phi) is 8.95. The van der Waals surface area contributed by atoms with Crippen LogP contribution in [0.1, 0.15) is 24.5 Å². The molecule has 0 fully saturated rings. The number of carbonyl (C=O) groups excluding carboxylic acids is 2. The third kappa shape index (κ3) is 6.52. The van der Waals surface area contributed by atoms with Gasteiger partial charge in [0.05, 0.1) is 5.69 Å². The molecule has 1 N–H and O–H groups in total. The fourth-order valence-electron chi connectivity index (χ4n) is 3.42. The highest BCUT2D eigenvalue weighted by molar-refractivity contribution is 7.90. The van der Waals surface area contributed by atoms with E-state index in [0.29, 0.717) is 6.42 Å². The first-order valence-electron chi connectivity index (χ1n) is 10.5. The zero-order valence-corrected chi connectivity index (χ0v) is 20.4. The van der Waals surface area contributed by atoms with Crippen LogP contribution in [0.15, 0.2) is 48.5 Å². The molecule has 1 atom stereocenters. The van der Waals surface area contributed by atoms with E-state index in [1.807, 2.05) is 31.2 Å². The number of amides is 2. The van der Waals surface area contributed by atoms with Gasteiger partial charge in [-0.1, -0.05) is 36.8 Å². The molecule has 0 aromatic heterocycles. The highest BCUT2D eigenvalue weighted by Crippen LogP contribution is 2.22. The van der Waals surface area contributed by atoms with Gasteiger partial charge >= 0.3 is 10.2 Å². The number of anilines is 1. The fourth-order valence-corrected chi connectivity index (χ4v) is 4.47. The summed E-state index contributed by atoms with van der Waals surface area (Å²) in [7, 11) is 0.108. The van der Waals surface area contributed by atoms with Gasteiger partial charge in [-0.05, 0) is 43.2 Å². The molecular weight excluding hydrogens is 447 g/mol. The Bertz CT molecular complexity index is 1070. The summed E-state index contributed by atoms with van der Waals surface area (Å²) in [4.78, 5) is 27.5. The molecule has 33 heavy (non-hydrogen) atoms. The first-order valence-corrected chi connectivity index (χ1v) is 11.9. The Morgan fingerprint density at radius 1 is 1.09 bits per heavy atom. The summed E-state index contributed by atoms with van der Waals surface area (Å²) in [5.74, 6) is -1.43. The number of likely N-dealkylation sites (N-methyl/N-ethyl adjacent to an activating group) is 1. The van der Waals surface area contributed by atoms with Crippen molar-refractivity contribution in [1.82, 2.24) is 14.5 Å². The Labute approximate surface area is 195 Å². The summed E-state index contributed by atoms with van der Waals surface area (Å²) in [6.45, 7) is 3.29. The van der Waals surface area contributed by atoms with E-state index < -0.39 is 34.5 Å². The molecule has 0 radical (unpaired) electrons. The van der Waals surface area contributed by atoms with Crippen LogP contribution in [0, 0.1) is 12.7 Å². The van der Waals surface area contributed by atoms with Crippen molar-refractivity contribution in [2.24, 2.45) is 0 Å². The van der Waals surface area contributed by atoms with E-state index in [0.717, 1.165) is 31.9 Å². The molecular formula is C23H31FN4O4S. The van der Waals surface area contributed by atoms with Crippen molar-refractivity contribution >= 4 is 27.7 Å². The van der Waals surface area contributed by atoms with Crippen LogP contribution >= 0.6 is 0 Å². The molecule has 2 rings (SSSR count). The van der Waals surface area contributed by atoms with Gasteiger partial charge in [0.15, 0.2) is 0 Å². The summed E-state index contributed by atoms with van der Waals surface area (Å²) in [6, 6.07) is 11.6. The van der Waals surface area contributed by atoms with E-state index in [1.54, 1.807) is 6.92 Å². The molecule has 0 aliphatic rings. The third-order valence-electron chi connectivity index (χ3n) is 5.20. The maximum absolute atomic E-state index is 13.5. The minimum Gasteiger partial charge on any atom is -0.357 e. The SMILES string of the molecule is CCC(C(=O)NC)N(Cc1cccc(C)c1)C(=O)CN(c1ccc(F)cc1)S(=O)(=O)N(C)C. The number of carbonyl (C=O) groups is 2. The Morgan fingerprint density at radius 2 is 1.73 bits per heavy atom. The van der Waals surface area contributed by atoms with E-state index in [1.165, 1.54) is 38.2 Å². The number of rotatable bonds is 10. The average molecular weight is 479 g/mol. The second-order valence-electron chi connectivity index (χ2n) is 7.82. The van der Waals surface area contributed by atoms with Crippen molar-refractivity contribution in [2.45, 2.75) is 32.9 Å². The summed E-state index contributed by atoms with van der Waals surface area (Å²) in [5.41, 5.74) is 1.95. The predicted octanol–water partition coefficient (Wildman–Crippen LogP) is 2.30. The molecule has 0 spiro atoms. The van der Waals surface area contributed by atoms with Crippen LogP contribution in [0.25, 0.3) is 0 Å². The molecule has 1 unspecified atom stereocenters. The van der Waals surface area contributed by atoms with Crippen LogP contribution in [-0.2, 0) is 26.3 Å². The first kappa shape index (κ1) is 26.3. The van der Waals surface area contributed by atoms with Gasteiger partial charge in [0.25, 0.3) is 0 Å². The monoisotopic (exact) mass is 478 g/mol. The first-order chi connectivity index (χ1) is 15.5. The fraction of sp³-hybridized carbons (Fsp3) is 0.391. The van der Waals surface area contributed by atoms with Crippen LogP contribution in [0.3, 0.4) is 0 Å². The van der Waals surface area contributed by atoms with E-state index in [9.17, 15) is 22.4 Å². The molecule has 0 bridgehead atoms. The molecule has 2 aromatic carbocycles. The Hall–Kier alpha value is -2.98. The lowest BCUT2D eigenvalue weighted by atomic mass is 10.1. The zero-order chi connectivity index (χ0) is 24.8. The quantitative estimate of drug-likeness (QED) is 0.568. The minimum absolute atomic E-state index is 0.131. The summed E-state index contributed by atoms with van der Waals surface area (Å²) in [6.07, 6.45) is 0.341. The number of nitrogens with one attached hydrogen (secondary N) is 1. The van der Waals surface area contributed by atoms with Gasteiger partial charge in [-0.25, -0.2) is 8.70 Å². The number of hydrogen-bond acceptors (Lipinski definition) is 4. The molecule has 0 saturated heterocycles. The predicted molar refractivity (Wildman–Crippen MR) is 126 cm³/mol. The lowest BCUT2D eigenvalue weighted by Crippen LogP contribution is -2.52. The number of benzene rings is 2. The summed E-state index contributed by atoms with van der Waals surface area (Å²) < 4.78 is 41.4. The lowest BCUT2D eigenvalue weighted by molar-refractivity contribution is -0.140. The lowest BCUT2D eigenvalue weighted by Gasteiger charge is -2.33. The van der Waals surface area contributed by atoms with Crippen molar-refractivity contribution in [1.29, 1.82) is 0 Å². The third-order valence-corrected chi connectivity index (χ3v) is 7.02. The van der Waals surface area contributed by atoms with Crippen LogP contribution in [0.5, 0.6) is 0 Å². The van der Waals surface area contributed by atoms with Gasteiger partial charge in [-0.15, -0.1) is 0 Å². The maximum atomic E-state index is 13.5. The van der Waals surface area contributed by atoms with Crippen LogP contribution < -0.4 is 9.62 Å². The van der Waals surface area contributed by atoms with E-state index >= 15 is 0 Å². The molecule has 0 aliphatic heterocycles. The number of nitrogens with zero attached hydrogens (tertiary/aromatic N) is 3. The molecule has 0 heterocycles. The second-order valence-corrected chi connectivity index (χ2v) is 9.89. The molecule has 2 aromatic rings. The van der Waals surface area contributed by atoms with Crippen LogP contribution in [0.2, 0.25) is 0 Å². The standard InChI is InChI=1S/C23H31FN4O4S/c1-6-21(23(30)25-3)27(15-18-9-7-8-17(2)14-18)22(29)16-28(33(31,32)26(4)5)20-12-10-19(24)11-13-20/h7-14,21H,6,15-16H2,1-5H3,(H,25,30). The molecule has 8 nitrogen and oxygen atoms in total. The normalized spacial score (nSPS) is 12.3. The number of hydrogen-bond donors (Lipinski definition) is 1.